The Hall–Kier alpha value is -1.59. The monoisotopic (exact) mass is 245 g/mol. The molecule has 0 fully saturated rings. The van der Waals surface area contributed by atoms with Gasteiger partial charge in [-0.15, -0.1) is 0 Å². The van der Waals surface area contributed by atoms with Gasteiger partial charge >= 0.3 is 11.9 Å². The molecule has 2 N–H and O–H groups in total. The Morgan fingerprint density at radius 2 is 1.82 bits per heavy atom. The van der Waals surface area contributed by atoms with Gasteiger partial charge in [-0.05, 0) is 27.2 Å². The Labute approximate surface area is 100 Å². The number of carboxylic acid groups (broad SMARTS) is 1. The van der Waals surface area contributed by atoms with Crippen LogP contribution in [-0.2, 0) is 19.1 Å². The number of ether oxygens (including phenoxy) is 1. The molecule has 0 bridgehead atoms. The zero-order valence-electron chi connectivity index (χ0n) is 10.6. The summed E-state index contributed by atoms with van der Waals surface area (Å²) in [4.78, 5) is 32.9. The van der Waals surface area contributed by atoms with Crippen molar-refractivity contribution in [2.24, 2.45) is 0 Å². The highest BCUT2D eigenvalue weighted by atomic mass is 16.6. The lowest BCUT2D eigenvalue weighted by molar-refractivity contribution is -0.155. The summed E-state index contributed by atoms with van der Waals surface area (Å²) < 4.78 is 5.03. The van der Waals surface area contributed by atoms with E-state index in [1.807, 2.05) is 0 Å². The number of aliphatic carboxylic acids is 1. The van der Waals surface area contributed by atoms with Gasteiger partial charge in [-0.3, -0.25) is 9.59 Å². The maximum Gasteiger partial charge on any atom is 0.326 e. The molecule has 6 heteroatoms. The lowest BCUT2D eigenvalue weighted by Crippen LogP contribution is -2.40. The lowest BCUT2D eigenvalue weighted by Gasteiger charge is -2.20. The molecule has 1 amide bonds. The van der Waals surface area contributed by atoms with Gasteiger partial charge in [-0.2, -0.15) is 0 Å². The zero-order chi connectivity index (χ0) is 13.6. The first kappa shape index (κ1) is 15.4. The fourth-order valence-electron chi connectivity index (χ4n) is 1.16. The molecule has 0 unspecified atom stereocenters. The predicted molar refractivity (Wildman–Crippen MR) is 60.3 cm³/mol. The van der Waals surface area contributed by atoms with Crippen LogP contribution < -0.4 is 5.32 Å². The molecule has 0 heterocycles. The van der Waals surface area contributed by atoms with Crippen molar-refractivity contribution < 1.29 is 24.2 Å². The van der Waals surface area contributed by atoms with Crippen LogP contribution in [0.15, 0.2) is 0 Å². The quantitative estimate of drug-likeness (QED) is 0.695. The van der Waals surface area contributed by atoms with Crippen LogP contribution in [0.4, 0.5) is 0 Å². The topological polar surface area (TPSA) is 92.7 Å². The van der Waals surface area contributed by atoms with Crippen LogP contribution in [0, 0.1) is 0 Å². The van der Waals surface area contributed by atoms with Gasteiger partial charge in [0.05, 0.1) is 0 Å². The number of hydrogen-bond acceptors (Lipinski definition) is 4. The summed E-state index contributed by atoms with van der Waals surface area (Å²) in [5.41, 5.74) is -0.593. The Kier molecular flexibility index (Phi) is 5.64. The van der Waals surface area contributed by atoms with Gasteiger partial charge in [-0.25, -0.2) is 4.79 Å². The third kappa shape index (κ3) is 8.24. The minimum Gasteiger partial charge on any atom is -0.480 e. The number of carbonyl (C=O) groups excluding carboxylic acids is 2. The van der Waals surface area contributed by atoms with Gasteiger partial charge in [0.1, 0.15) is 11.6 Å². The van der Waals surface area contributed by atoms with E-state index in [1.165, 1.54) is 6.92 Å². The summed E-state index contributed by atoms with van der Waals surface area (Å²) in [7, 11) is 0. The smallest absolute Gasteiger partial charge is 0.326 e. The van der Waals surface area contributed by atoms with Gasteiger partial charge in [0, 0.05) is 13.3 Å². The summed E-state index contributed by atoms with van der Waals surface area (Å²) >= 11 is 0. The summed E-state index contributed by atoms with van der Waals surface area (Å²) in [6.45, 7) is 6.41. The molecule has 1 atom stereocenters. The van der Waals surface area contributed by atoms with Gasteiger partial charge in [0.25, 0.3) is 0 Å². The molecule has 0 saturated heterocycles. The standard InChI is InChI=1S/C11H19NO5/c1-7(13)12-8(10(15)16)5-6-9(14)17-11(2,3)4/h8H,5-6H2,1-4H3,(H,12,13)(H,15,16)/t8-/m1/s1. The van der Waals surface area contributed by atoms with Crippen molar-refractivity contribution in [1.29, 1.82) is 0 Å². The highest BCUT2D eigenvalue weighted by Gasteiger charge is 2.22. The number of rotatable bonds is 5. The van der Waals surface area contributed by atoms with Crippen molar-refractivity contribution in [2.45, 2.75) is 52.2 Å². The van der Waals surface area contributed by atoms with Crippen LogP contribution in [0.1, 0.15) is 40.5 Å². The summed E-state index contributed by atoms with van der Waals surface area (Å²) in [5, 5.41) is 11.1. The molecule has 0 aromatic carbocycles. The van der Waals surface area contributed by atoms with Gasteiger partial charge in [0.2, 0.25) is 5.91 Å². The van der Waals surface area contributed by atoms with Crippen LogP contribution in [0.2, 0.25) is 0 Å². The number of amides is 1. The number of nitrogens with one attached hydrogen (secondary N) is 1. The van der Waals surface area contributed by atoms with Crippen LogP contribution in [-0.4, -0.2) is 34.6 Å². The van der Waals surface area contributed by atoms with E-state index in [-0.39, 0.29) is 12.8 Å². The van der Waals surface area contributed by atoms with E-state index >= 15 is 0 Å². The first-order valence-electron chi connectivity index (χ1n) is 5.33. The van der Waals surface area contributed by atoms with Crippen molar-refractivity contribution in [3.63, 3.8) is 0 Å². The first-order valence-corrected chi connectivity index (χ1v) is 5.33. The molecule has 0 aromatic rings. The third-order valence-electron chi connectivity index (χ3n) is 1.73. The van der Waals surface area contributed by atoms with E-state index < -0.39 is 29.5 Å². The molecule has 0 aliphatic carbocycles. The van der Waals surface area contributed by atoms with Crippen LogP contribution in [0.5, 0.6) is 0 Å². The second-order valence-corrected chi connectivity index (χ2v) is 4.72. The van der Waals surface area contributed by atoms with Crippen molar-refractivity contribution in [2.75, 3.05) is 0 Å². The highest BCUT2D eigenvalue weighted by molar-refractivity contribution is 5.82. The van der Waals surface area contributed by atoms with Crippen LogP contribution >= 0.6 is 0 Å². The Morgan fingerprint density at radius 3 is 2.18 bits per heavy atom. The van der Waals surface area contributed by atoms with Gasteiger partial charge in [-0.1, -0.05) is 0 Å². The van der Waals surface area contributed by atoms with Crippen molar-refractivity contribution in [3.05, 3.63) is 0 Å². The molecule has 0 aliphatic rings. The first-order chi connectivity index (χ1) is 7.61. The average Bonchev–Trinajstić information content (AvgIpc) is 2.08. The van der Waals surface area contributed by atoms with E-state index in [1.54, 1.807) is 20.8 Å². The second-order valence-electron chi connectivity index (χ2n) is 4.72. The molecular weight excluding hydrogens is 226 g/mol. The number of carboxylic acids is 1. The molecule has 17 heavy (non-hydrogen) atoms. The third-order valence-corrected chi connectivity index (χ3v) is 1.73. The minimum atomic E-state index is -1.16. The molecule has 6 nitrogen and oxygen atoms in total. The largest absolute Gasteiger partial charge is 0.480 e. The SMILES string of the molecule is CC(=O)N[C@H](CCC(=O)OC(C)(C)C)C(=O)O. The zero-order valence-corrected chi connectivity index (χ0v) is 10.6. The molecule has 0 rings (SSSR count). The molecule has 98 valence electrons. The molecule has 0 spiro atoms. The molecule has 0 aromatic heterocycles. The summed E-state index contributed by atoms with van der Waals surface area (Å²) in [6.07, 6.45) is -0.0294. The molecular formula is C11H19NO5. The fraction of sp³-hybridized carbons (Fsp3) is 0.727. The van der Waals surface area contributed by atoms with Crippen LogP contribution in [0.3, 0.4) is 0 Å². The van der Waals surface area contributed by atoms with E-state index in [0.717, 1.165) is 0 Å². The molecule has 0 saturated carbocycles. The van der Waals surface area contributed by atoms with Gasteiger partial charge in [0.15, 0.2) is 0 Å². The molecule has 0 radical (unpaired) electrons. The van der Waals surface area contributed by atoms with E-state index in [9.17, 15) is 14.4 Å². The number of hydrogen-bond donors (Lipinski definition) is 2. The lowest BCUT2D eigenvalue weighted by atomic mass is 10.1. The van der Waals surface area contributed by atoms with E-state index in [0.29, 0.717) is 0 Å². The Bertz CT molecular complexity index is 305. The van der Waals surface area contributed by atoms with E-state index in [2.05, 4.69) is 5.32 Å². The summed E-state index contributed by atoms with van der Waals surface area (Å²) in [6, 6.07) is -1.06. The van der Waals surface area contributed by atoms with Crippen LogP contribution in [0.25, 0.3) is 0 Å². The average molecular weight is 245 g/mol. The second kappa shape index (κ2) is 6.22. The highest BCUT2D eigenvalue weighted by Crippen LogP contribution is 2.10. The van der Waals surface area contributed by atoms with E-state index in [4.69, 9.17) is 9.84 Å². The Morgan fingerprint density at radius 1 is 1.29 bits per heavy atom. The number of carbonyl (C=O) groups is 3. The maximum absolute atomic E-state index is 11.3. The Balaban J connectivity index is 4.18. The van der Waals surface area contributed by atoms with Gasteiger partial charge < -0.3 is 15.2 Å². The molecule has 0 aliphatic heterocycles. The maximum atomic E-state index is 11.3. The summed E-state index contributed by atoms with van der Waals surface area (Å²) in [5.74, 6) is -2.08. The fourth-order valence-corrected chi connectivity index (χ4v) is 1.16. The minimum absolute atomic E-state index is 0.0177. The van der Waals surface area contributed by atoms with Crippen molar-refractivity contribution >= 4 is 17.8 Å². The van der Waals surface area contributed by atoms with Crippen molar-refractivity contribution in [1.82, 2.24) is 5.32 Å². The van der Waals surface area contributed by atoms with Crippen molar-refractivity contribution in [3.8, 4) is 0 Å². The normalized spacial score (nSPS) is 12.7. The predicted octanol–water partition coefficient (Wildman–Crippen LogP) is 0.698. The number of esters is 1.